The van der Waals surface area contributed by atoms with Gasteiger partial charge in [0.1, 0.15) is 12.6 Å². The van der Waals surface area contributed by atoms with Crippen molar-refractivity contribution in [2.45, 2.75) is 83.3 Å². The molecule has 1 atom stereocenters. The largest absolute Gasteiger partial charge is 0.352 e. The van der Waals surface area contributed by atoms with Gasteiger partial charge in [-0.2, -0.15) is 0 Å². The van der Waals surface area contributed by atoms with Crippen LogP contribution in [0.2, 0.25) is 5.02 Å². The number of benzene rings is 3. The predicted molar refractivity (Wildman–Crippen MR) is 168 cm³/mol. The molecule has 1 unspecified atom stereocenters. The summed E-state index contributed by atoms with van der Waals surface area (Å²) in [5.74, 6) is -0.741. The highest BCUT2D eigenvalue weighted by Gasteiger charge is 2.33. The molecule has 0 radical (unpaired) electrons. The molecule has 224 valence electrons. The molecule has 0 spiro atoms. The Labute approximate surface area is 254 Å². The number of nitrogens with one attached hydrogen (secondary N) is 1. The lowest BCUT2D eigenvalue weighted by Crippen LogP contribution is -2.53. The van der Waals surface area contributed by atoms with Crippen LogP contribution >= 0.6 is 11.6 Å². The molecule has 0 aromatic heterocycles. The number of hydrogen-bond donors (Lipinski definition) is 1. The summed E-state index contributed by atoms with van der Waals surface area (Å²) in [6.07, 6.45) is 5.11. The van der Waals surface area contributed by atoms with Crippen molar-refractivity contribution in [2.24, 2.45) is 0 Å². The van der Waals surface area contributed by atoms with E-state index in [-0.39, 0.29) is 23.4 Å². The van der Waals surface area contributed by atoms with Crippen molar-refractivity contribution >= 4 is 39.1 Å². The predicted octanol–water partition coefficient (Wildman–Crippen LogP) is 6.33. The minimum absolute atomic E-state index is 0.0742. The van der Waals surface area contributed by atoms with Crippen molar-refractivity contribution in [3.05, 3.63) is 94.0 Å². The monoisotopic (exact) mass is 609 g/mol. The van der Waals surface area contributed by atoms with E-state index in [1.54, 1.807) is 55.5 Å². The summed E-state index contributed by atoms with van der Waals surface area (Å²) in [5.41, 5.74) is 3.67. The summed E-state index contributed by atoms with van der Waals surface area (Å²) < 4.78 is 29.4. The molecule has 1 saturated carbocycles. The summed E-state index contributed by atoms with van der Waals surface area (Å²) in [6.45, 7) is 6.91. The number of nitrogens with zero attached hydrogens (tertiary/aromatic N) is 2. The van der Waals surface area contributed by atoms with Crippen molar-refractivity contribution in [1.82, 2.24) is 10.2 Å². The molecule has 3 aromatic rings. The average Bonchev–Trinajstić information content (AvgIpc) is 2.96. The van der Waals surface area contributed by atoms with E-state index in [0.29, 0.717) is 16.3 Å². The molecule has 0 aliphatic heterocycles. The fourth-order valence-corrected chi connectivity index (χ4v) is 7.01. The van der Waals surface area contributed by atoms with Gasteiger partial charge in [0.2, 0.25) is 11.8 Å². The van der Waals surface area contributed by atoms with Crippen LogP contribution in [0.1, 0.15) is 61.3 Å². The number of carbonyl (C=O) groups is 2. The molecule has 1 fully saturated rings. The van der Waals surface area contributed by atoms with Gasteiger partial charge in [-0.3, -0.25) is 13.9 Å². The van der Waals surface area contributed by atoms with Gasteiger partial charge in [0.25, 0.3) is 10.0 Å². The van der Waals surface area contributed by atoms with Gasteiger partial charge in [0.15, 0.2) is 0 Å². The van der Waals surface area contributed by atoms with Crippen molar-refractivity contribution < 1.29 is 18.0 Å². The highest BCUT2D eigenvalue weighted by Crippen LogP contribution is 2.29. The number of aryl methyl sites for hydroxylation is 3. The maximum atomic E-state index is 14.2. The summed E-state index contributed by atoms with van der Waals surface area (Å²) in [6, 6.07) is 18.5. The van der Waals surface area contributed by atoms with Gasteiger partial charge in [0, 0.05) is 17.6 Å². The molecular weight excluding hydrogens is 570 g/mol. The molecule has 9 heteroatoms. The van der Waals surface area contributed by atoms with Crippen molar-refractivity contribution in [3.63, 3.8) is 0 Å². The van der Waals surface area contributed by atoms with Gasteiger partial charge in [-0.25, -0.2) is 8.42 Å². The Morgan fingerprint density at radius 1 is 0.929 bits per heavy atom. The second-order valence-electron chi connectivity index (χ2n) is 11.3. The first-order valence-corrected chi connectivity index (χ1v) is 16.3. The lowest BCUT2D eigenvalue weighted by Gasteiger charge is -2.33. The van der Waals surface area contributed by atoms with E-state index in [9.17, 15) is 18.0 Å². The third-order valence-electron chi connectivity index (χ3n) is 7.88. The molecular formula is C33H40ClN3O4S. The summed E-state index contributed by atoms with van der Waals surface area (Å²) in [7, 11) is -4.12. The molecule has 42 heavy (non-hydrogen) atoms. The molecule has 1 aliphatic rings. The summed E-state index contributed by atoms with van der Waals surface area (Å²) >= 11 is 6.24. The minimum Gasteiger partial charge on any atom is -0.352 e. The average molecular weight is 610 g/mol. The Balaban J connectivity index is 1.71. The normalized spacial score (nSPS) is 14.7. The number of anilines is 1. The standard InChI is InChI=1S/C33H40ClN3O4S/c1-23-14-17-30(18-15-23)42(40,41)37(31-19-24(2)13-16-25(31)3)22-32(38)36(21-27-9-8-10-28(34)20-27)26(4)33(39)35-29-11-6-5-7-12-29/h8-10,13-20,26,29H,5-7,11-12,21-22H2,1-4H3,(H,35,39). The Morgan fingerprint density at radius 2 is 1.60 bits per heavy atom. The molecule has 1 N–H and O–H groups in total. The molecule has 2 amide bonds. The fourth-order valence-electron chi connectivity index (χ4n) is 5.32. The first-order chi connectivity index (χ1) is 20.0. The van der Waals surface area contributed by atoms with E-state index in [1.807, 2.05) is 39.0 Å². The number of amides is 2. The van der Waals surface area contributed by atoms with Crippen LogP contribution < -0.4 is 9.62 Å². The zero-order valence-corrected chi connectivity index (χ0v) is 26.3. The number of rotatable bonds is 10. The Morgan fingerprint density at radius 3 is 2.26 bits per heavy atom. The van der Waals surface area contributed by atoms with E-state index >= 15 is 0 Å². The summed E-state index contributed by atoms with van der Waals surface area (Å²) in [5, 5.41) is 3.64. The van der Waals surface area contributed by atoms with Crippen LogP contribution in [-0.4, -0.2) is 43.8 Å². The molecule has 0 bridgehead atoms. The zero-order valence-electron chi connectivity index (χ0n) is 24.8. The maximum Gasteiger partial charge on any atom is 0.264 e. The van der Waals surface area contributed by atoms with Gasteiger partial charge in [0.05, 0.1) is 10.6 Å². The molecule has 1 aliphatic carbocycles. The lowest BCUT2D eigenvalue weighted by atomic mass is 9.95. The Hall–Kier alpha value is -3.36. The smallest absolute Gasteiger partial charge is 0.264 e. The Kier molecular flexibility index (Phi) is 10.3. The number of carbonyl (C=O) groups excluding carboxylic acids is 2. The molecule has 0 heterocycles. The van der Waals surface area contributed by atoms with E-state index in [0.717, 1.165) is 48.8 Å². The number of hydrogen-bond acceptors (Lipinski definition) is 4. The Bertz CT molecular complexity index is 1520. The van der Waals surface area contributed by atoms with Gasteiger partial charge >= 0.3 is 0 Å². The van der Waals surface area contributed by atoms with Gasteiger partial charge in [-0.15, -0.1) is 0 Å². The van der Waals surface area contributed by atoms with Crippen molar-refractivity contribution in [1.29, 1.82) is 0 Å². The third kappa shape index (κ3) is 7.72. The van der Waals surface area contributed by atoms with Crippen LogP contribution in [-0.2, 0) is 26.2 Å². The molecule has 0 saturated heterocycles. The van der Waals surface area contributed by atoms with Gasteiger partial charge in [-0.05, 0) is 87.6 Å². The lowest BCUT2D eigenvalue weighted by molar-refractivity contribution is -0.139. The maximum absolute atomic E-state index is 14.2. The second-order valence-corrected chi connectivity index (χ2v) is 13.6. The van der Waals surface area contributed by atoms with E-state index < -0.39 is 28.5 Å². The second kappa shape index (κ2) is 13.7. The van der Waals surface area contributed by atoms with Crippen LogP contribution in [0.25, 0.3) is 0 Å². The quantitative estimate of drug-likeness (QED) is 0.291. The van der Waals surface area contributed by atoms with Crippen LogP contribution in [0.5, 0.6) is 0 Å². The van der Waals surface area contributed by atoms with Crippen LogP contribution in [0, 0.1) is 20.8 Å². The minimum atomic E-state index is -4.12. The molecule has 4 rings (SSSR count). The first-order valence-electron chi connectivity index (χ1n) is 14.5. The molecule has 3 aromatic carbocycles. The number of halogens is 1. The van der Waals surface area contributed by atoms with Gasteiger partial charge in [-0.1, -0.05) is 72.8 Å². The van der Waals surface area contributed by atoms with Gasteiger partial charge < -0.3 is 10.2 Å². The molecule has 7 nitrogen and oxygen atoms in total. The van der Waals surface area contributed by atoms with Crippen molar-refractivity contribution in [3.8, 4) is 0 Å². The highest BCUT2D eigenvalue weighted by atomic mass is 35.5. The third-order valence-corrected chi connectivity index (χ3v) is 9.89. The van der Waals surface area contributed by atoms with E-state index in [4.69, 9.17) is 11.6 Å². The SMILES string of the molecule is Cc1ccc(S(=O)(=O)N(CC(=O)N(Cc2cccc(Cl)c2)C(C)C(=O)NC2CCCCC2)c2cc(C)ccc2C)cc1. The highest BCUT2D eigenvalue weighted by molar-refractivity contribution is 7.92. The fraction of sp³-hybridized carbons (Fsp3) is 0.394. The van der Waals surface area contributed by atoms with E-state index in [2.05, 4.69) is 5.32 Å². The number of sulfonamides is 1. The van der Waals surface area contributed by atoms with Crippen molar-refractivity contribution in [2.75, 3.05) is 10.8 Å². The van der Waals surface area contributed by atoms with E-state index in [1.165, 1.54) is 9.21 Å². The van der Waals surface area contributed by atoms with Crippen LogP contribution in [0.15, 0.2) is 71.6 Å². The topological polar surface area (TPSA) is 86.8 Å². The van der Waals surface area contributed by atoms with Crippen LogP contribution in [0.4, 0.5) is 5.69 Å². The van der Waals surface area contributed by atoms with Crippen LogP contribution in [0.3, 0.4) is 0 Å². The summed E-state index contributed by atoms with van der Waals surface area (Å²) in [4.78, 5) is 29.2. The first kappa shape index (κ1) is 31.6. The zero-order chi connectivity index (χ0) is 30.4.